The van der Waals surface area contributed by atoms with E-state index in [1.165, 1.54) is 6.20 Å². The summed E-state index contributed by atoms with van der Waals surface area (Å²) in [6.07, 6.45) is 1.46. The Morgan fingerprint density at radius 2 is 1.76 bits per heavy atom. The van der Waals surface area contributed by atoms with Crippen LogP contribution in [0.15, 0.2) is 65.6 Å². The van der Waals surface area contributed by atoms with Gasteiger partial charge in [-0.15, -0.1) is 10.2 Å². The zero-order valence-corrected chi connectivity index (χ0v) is 18.4. The summed E-state index contributed by atoms with van der Waals surface area (Å²) in [6.45, 7) is 1.86. The average molecular weight is 461 g/mol. The average Bonchev–Trinajstić information content (AvgIpc) is 3.17. The Balaban J connectivity index is 1.55. The van der Waals surface area contributed by atoms with Crippen molar-refractivity contribution in [3.63, 3.8) is 0 Å². The van der Waals surface area contributed by atoms with E-state index in [9.17, 15) is 9.59 Å². The Morgan fingerprint density at radius 3 is 2.45 bits per heavy atom. The first kappa shape index (κ1) is 20.7. The van der Waals surface area contributed by atoms with Crippen molar-refractivity contribution in [2.45, 2.75) is 6.92 Å². The van der Waals surface area contributed by atoms with Gasteiger partial charge in [-0.1, -0.05) is 23.7 Å². The molecule has 0 spiro atoms. The summed E-state index contributed by atoms with van der Waals surface area (Å²) in [5.74, 6) is 0.175. The Morgan fingerprint density at radius 1 is 1.03 bits per heavy atom. The number of carbonyl (C=O) groups is 1. The summed E-state index contributed by atoms with van der Waals surface area (Å²) in [4.78, 5) is 25.6. The largest absolute Gasteiger partial charge is 0.497 e. The van der Waals surface area contributed by atoms with Crippen molar-refractivity contribution in [2.24, 2.45) is 0 Å². The molecule has 33 heavy (non-hydrogen) atoms. The first-order chi connectivity index (χ1) is 16.0. The number of aromatic nitrogens is 5. The lowest BCUT2D eigenvalue weighted by atomic mass is 10.1. The summed E-state index contributed by atoms with van der Waals surface area (Å²) in [7, 11) is 1.54. The van der Waals surface area contributed by atoms with Gasteiger partial charge in [0.2, 0.25) is 0 Å². The predicted octanol–water partition coefficient (Wildman–Crippen LogP) is 3.46. The van der Waals surface area contributed by atoms with E-state index in [1.807, 2.05) is 19.1 Å². The fraction of sp³-hybridized carbons (Fsp3) is 0.0870. The molecule has 0 saturated carbocycles. The lowest BCUT2D eigenvalue weighted by Crippen LogP contribution is -2.33. The van der Waals surface area contributed by atoms with Gasteiger partial charge in [-0.2, -0.15) is 5.10 Å². The fourth-order valence-electron chi connectivity index (χ4n) is 3.61. The Kier molecular flexibility index (Phi) is 5.02. The van der Waals surface area contributed by atoms with Crippen LogP contribution in [0.25, 0.3) is 27.8 Å². The van der Waals surface area contributed by atoms with Gasteiger partial charge >= 0.3 is 0 Å². The number of fused-ring (bicyclic) bond motifs is 3. The molecule has 0 bridgehead atoms. The quantitative estimate of drug-likeness (QED) is 0.440. The van der Waals surface area contributed by atoms with Crippen LogP contribution in [0, 0.1) is 6.92 Å². The zero-order chi connectivity index (χ0) is 23.1. The molecule has 0 fully saturated rings. The molecule has 0 aliphatic rings. The third-order valence-electron chi connectivity index (χ3n) is 5.26. The van der Waals surface area contributed by atoms with Gasteiger partial charge in [-0.25, -0.2) is 9.19 Å². The van der Waals surface area contributed by atoms with Gasteiger partial charge in [0.15, 0.2) is 11.2 Å². The van der Waals surface area contributed by atoms with Crippen LogP contribution in [0.1, 0.15) is 16.1 Å². The number of nitrogens with one attached hydrogen (secondary N) is 1. The minimum atomic E-state index is -0.523. The third-order valence-corrected chi connectivity index (χ3v) is 5.51. The highest BCUT2D eigenvalue weighted by Crippen LogP contribution is 2.29. The van der Waals surface area contributed by atoms with Crippen molar-refractivity contribution in [2.75, 3.05) is 12.5 Å². The highest BCUT2D eigenvalue weighted by molar-refractivity contribution is 6.30. The smallest absolute Gasteiger partial charge is 0.299 e. The van der Waals surface area contributed by atoms with Crippen molar-refractivity contribution in [1.82, 2.24) is 24.5 Å². The molecule has 0 unspecified atom stereocenters. The maximum absolute atomic E-state index is 13.0. The number of amides is 1. The fourth-order valence-corrected chi connectivity index (χ4v) is 3.74. The molecule has 2 aromatic carbocycles. The number of carbonyl (C=O) groups excluding carboxylic acids is 1. The first-order valence-electron chi connectivity index (χ1n) is 9.95. The van der Waals surface area contributed by atoms with Crippen LogP contribution in [0.3, 0.4) is 0 Å². The number of ether oxygens (including phenoxy) is 1. The molecule has 0 saturated heterocycles. The van der Waals surface area contributed by atoms with Crippen LogP contribution in [-0.2, 0) is 0 Å². The predicted molar refractivity (Wildman–Crippen MR) is 124 cm³/mol. The van der Waals surface area contributed by atoms with Crippen LogP contribution in [-0.4, -0.2) is 37.5 Å². The second kappa shape index (κ2) is 8.03. The van der Waals surface area contributed by atoms with Crippen molar-refractivity contribution in [3.8, 4) is 16.9 Å². The monoisotopic (exact) mass is 460 g/mol. The molecule has 5 aromatic rings. The Bertz CT molecular complexity index is 1570. The standard InChI is InChI=1S/C23H17ClN6O3/c1-13-19(14-3-7-16(24)8-4-14)21-26-25-20-18(30(21)27-13)11-12-29(23(20)32)28-22(31)15-5-9-17(33-2)10-6-15/h3-12H,1-2H3,(H,28,31). The molecule has 0 aliphatic heterocycles. The third kappa shape index (κ3) is 3.58. The second-order valence-electron chi connectivity index (χ2n) is 7.30. The van der Waals surface area contributed by atoms with Gasteiger partial charge in [0.05, 0.1) is 18.4 Å². The van der Waals surface area contributed by atoms with Gasteiger partial charge in [0.25, 0.3) is 11.5 Å². The number of pyridine rings is 1. The molecule has 3 aromatic heterocycles. The summed E-state index contributed by atoms with van der Waals surface area (Å²) in [5.41, 5.74) is 5.91. The molecule has 164 valence electrons. The number of nitrogens with zero attached hydrogens (tertiary/aromatic N) is 5. The molecular weight excluding hydrogens is 444 g/mol. The molecule has 5 rings (SSSR count). The Hall–Kier alpha value is -4.24. The van der Waals surface area contributed by atoms with Gasteiger partial charge < -0.3 is 4.74 Å². The van der Waals surface area contributed by atoms with E-state index in [2.05, 4.69) is 20.7 Å². The maximum atomic E-state index is 13.0. The summed E-state index contributed by atoms with van der Waals surface area (Å²) < 4.78 is 7.75. The van der Waals surface area contributed by atoms with Crippen LogP contribution < -0.4 is 15.7 Å². The van der Waals surface area contributed by atoms with E-state index in [0.717, 1.165) is 21.5 Å². The van der Waals surface area contributed by atoms with E-state index in [-0.39, 0.29) is 5.52 Å². The van der Waals surface area contributed by atoms with Gasteiger partial charge in [0, 0.05) is 16.8 Å². The van der Waals surface area contributed by atoms with E-state index >= 15 is 0 Å². The van der Waals surface area contributed by atoms with Crippen LogP contribution >= 0.6 is 11.6 Å². The van der Waals surface area contributed by atoms with Gasteiger partial charge in [-0.3, -0.25) is 15.0 Å². The van der Waals surface area contributed by atoms with Crippen LogP contribution in [0.4, 0.5) is 0 Å². The number of benzene rings is 2. The number of hydrogen-bond acceptors (Lipinski definition) is 6. The normalized spacial score (nSPS) is 11.1. The second-order valence-corrected chi connectivity index (χ2v) is 7.73. The summed E-state index contributed by atoms with van der Waals surface area (Å²) in [5, 5.41) is 13.6. The van der Waals surface area contributed by atoms with Crippen molar-refractivity contribution < 1.29 is 9.53 Å². The van der Waals surface area contributed by atoms with E-state index < -0.39 is 11.5 Å². The van der Waals surface area contributed by atoms with Crippen molar-refractivity contribution in [3.05, 3.63) is 87.4 Å². The molecule has 0 radical (unpaired) electrons. The number of methoxy groups -OCH3 is 1. The van der Waals surface area contributed by atoms with Gasteiger partial charge in [-0.05, 0) is 55.0 Å². The maximum Gasteiger partial charge on any atom is 0.299 e. The lowest BCUT2D eigenvalue weighted by Gasteiger charge is -2.09. The summed E-state index contributed by atoms with van der Waals surface area (Å²) >= 11 is 6.01. The SMILES string of the molecule is COc1ccc(C(=O)Nn2ccc3c(nnc4c(-c5ccc(Cl)cc5)c(C)nn43)c2=O)cc1. The van der Waals surface area contributed by atoms with E-state index in [4.69, 9.17) is 16.3 Å². The summed E-state index contributed by atoms with van der Waals surface area (Å²) in [6, 6.07) is 15.5. The molecule has 1 amide bonds. The van der Waals surface area contributed by atoms with Crippen LogP contribution in [0.2, 0.25) is 5.02 Å². The van der Waals surface area contributed by atoms with E-state index in [0.29, 0.717) is 27.5 Å². The highest BCUT2D eigenvalue weighted by atomic mass is 35.5. The van der Waals surface area contributed by atoms with Gasteiger partial charge in [0.1, 0.15) is 11.3 Å². The number of halogens is 1. The molecular formula is C23H17ClN6O3. The lowest BCUT2D eigenvalue weighted by molar-refractivity contribution is 0.101. The molecule has 9 nitrogen and oxygen atoms in total. The zero-order valence-electron chi connectivity index (χ0n) is 17.6. The topological polar surface area (TPSA) is 103 Å². The molecule has 0 aliphatic carbocycles. The molecule has 10 heteroatoms. The van der Waals surface area contributed by atoms with E-state index in [1.54, 1.807) is 54.1 Å². The van der Waals surface area contributed by atoms with Crippen LogP contribution in [0.5, 0.6) is 5.75 Å². The first-order valence-corrected chi connectivity index (χ1v) is 10.3. The highest BCUT2D eigenvalue weighted by Gasteiger charge is 2.18. The number of aryl methyl sites for hydroxylation is 1. The number of rotatable bonds is 4. The van der Waals surface area contributed by atoms with Crippen molar-refractivity contribution in [1.29, 1.82) is 0 Å². The number of hydrogen-bond donors (Lipinski definition) is 1. The molecule has 0 atom stereocenters. The molecule has 1 N–H and O–H groups in total. The Labute approximate surface area is 192 Å². The van der Waals surface area contributed by atoms with Crippen molar-refractivity contribution >= 4 is 34.2 Å². The minimum absolute atomic E-state index is 0.0742. The molecule has 3 heterocycles. The minimum Gasteiger partial charge on any atom is -0.497 e.